The molecule has 0 radical (unpaired) electrons. The van der Waals surface area contributed by atoms with Crippen molar-refractivity contribution in [3.63, 3.8) is 0 Å². The van der Waals surface area contributed by atoms with E-state index in [1.54, 1.807) is 127 Å². The molecule has 736 valence electrons. The lowest BCUT2D eigenvalue weighted by Crippen LogP contribution is -2.57. The molecule has 10 rings (SSSR count). The third-order valence-electron chi connectivity index (χ3n) is 21.5. The Morgan fingerprint density at radius 2 is 1.32 bits per heavy atom. The van der Waals surface area contributed by atoms with Crippen LogP contribution in [-0.4, -0.2) is 298 Å². The Kier molecular flexibility index (Phi) is 42.7. The minimum Gasteiger partial charge on any atom is -0.496 e. The number of para-hydroxylation sites is 2. The first kappa shape index (κ1) is 106. The van der Waals surface area contributed by atoms with Gasteiger partial charge in [0.15, 0.2) is 5.82 Å². The number of carboxylic acid groups (broad SMARTS) is 2. The molecular weight excluding hydrogens is 1810 g/mol. The Morgan fingerprint density at radius 1 is 0.684 bits per heavy atom. The van der Waals surface area contributed by atoms with Gasteiger partial charge in [-0.05, 0) is 129 Å². The number of carbonyl (C=O) groups excluding carboxylic acids is 5. The fraction of sp³-hybridized carbons (Fsp3) is 0.484. The van der Waals surface area contributed by atoms with Gasteiger partial charge in [-0.1, -0.05) is 85.3 Å². The molecule has 0 unspecified atom stereocenters. The number of urea groups is 1. The number of nitrogens with one attached hydrogen (secondary N) is 4. The van der Waals surface area contributed by atoms with Crippen LogP contribution in [0.5, 0.6) is 23.1 Å². The first-order valence-electron chi connectivity index (χ1n) is 44.9. The predicted molar refractivity (Wildman–Crippen MR) is 502 cm³/mol. The van der Waals surface area contributed by atoms with Crippen LogP contribution < -0.4 is 45.9 Å². The summed E-state index contributed by atoms with van der Waals surface area (Å²) in [7, 11) is 5.33. The second-order valence-electron chi connectivity index (χ2n) is 33.5. The number of nitrogens with two attached hydrogens (primary N) is 1. The number of alkyl carbamates (subject to hydrolysis) is 1. The number of carbonyl (C=O) groups is 7. The van der Waals surface area contributed by atoms with Gasteiger partial charge in [-0.25, -0.2) is 48.2 Å². The molecule has 0 bridgehead atoms. The van der Waals surface area contributed by atoms with Crippen molar-refractivity contribution in [2.45, 2.75) is 124 Å². The monoisotopic (exact) mass is 1930 g/mol. The maximum absolute atomic E-state index is 14.7. The number of ether oxygens (including phenoxy) is 14. The van der Waals surface area contributed by atoms with Gasteiger partial charge in [-0.2, -0.15) is 0 Å². The molecule has 1 saturated heterocycles. The minimum absolute atomic E-state index is 0.00112. The van der Waals surface area contributed by atoms with Crippen LogP contribution in [0.2, 0.25) is 5.02 Å². The number of primary amides is 1. The van der Waals surface area contributed by atoms with Crippen LogP contribution in [0.4, 0.5) is 24.5 Å². The summed E-state index contributed by atoms with van der Waals surface area (Å²) in [4.78, 5) is 114. The predicted octanol–water partition coefficient (Wildman–Crippen LogP) is 11.0. The average Bonchev–Trinajstić information content (AvgIpc) is 1.60. The standard InChI is InChI=1S/C95H123ClFN15O23S/c1-63(2)84(106-93(120)135-95(4,5)6)88(116)105-75(17-14-30-100-92(98)119)87(115)104-70-25-22-67(68(55-70)57-109(7)94(121)133-61-72-58-111(108-107-72)35-39-124-42-44-126-46-48-128-50-52-130-54-53-129-51-49-127-47-45-125-43-41-123-38-29-80(113)114)59-112(8)36-32-110(33-37-112)34-40-131-78-27-26-73(64(3)83(78)96)81-82-89(101-62-102-90(82)136-85(81)65-20-23-69(97)24-21-65)134-79(91(117)118)56-66-15-10-12-18-76(66)132-60-71-28-31-99-86(103-71)74-16-11-13-19-77(74)122-9/h10-13,15-16,18-28,31,55,58,62-63,75,79,84H,14,17,29-30,32-54,56-57,59-61H2,1-9H3,(H7-,98,100,104,105,106,113,114,115,116,117,118,119,120)/p+1/t75-,79+,84-/m0/s1. The van der Waals surface area contributed by atoms with Gasteiger partial charge in [-0.15, -0.1) is 16.4 Å². The molecule has 38 nitrogen and oxygen atoms in total. The van der Waals surface area contributed by atoms with Crippen molar-refractivity contribution < 1.29 is 119 Å². The molecule has 0 saturated carbocycles. The van der Waals surface area contributed by atoms with E-state index in [9.17, 15) is 43.1 Å². The smallest absolute Gasteiger partial charge is 0.410 e. The highest BCUT2D eigenvalue weighted by Crippen LogP contribution is 2.50. The number of benzene rings is 5. The highest BCUT2D eigenvalue weighted by Gasteiger charge is 2.35. The lowest BCUT2D eigenvalue weighted by Gasteiger charge is -2.42. The van der Waals surface area contributed by atoms with E-state index in [1.165, 1.54) is 34.7 Å². The second-order valence-corrected chi connectivity index (χ2v) is 34.9. The summed E-state index contributed by atoms with van der Waals surface area (Å²) in [5, 5.41) is 39.6. The summed E-state index contributed by atoms with van der Waals surface area (Å²) in [6.07, 6.45) is 1.77. The van der Waals surface area contributed by atoms with Crippen LogP contribution in [0, 0.1) is 18.7 Å². The van der Waals surface area contributed by atoms with Crippen LogP contribution in [0.1, 0.15) is 87.5 Å². The summed E-state index contributed by atoms with van der Waals surface area (Å²) in [5.74, 6) is -2.37. The third-order valence-corrected chi connectivity index (χ3v) is 23.1. The number of rotatable bonds is 59. The number of hydrogen-bond donors (Lipinski definition) is 7. The molecule has 136 heavy (non-hydrogen) atoms. The molecule has 1 aliphatic rings. The molecule has 4 aromatic heterocycles. The summed E-state index contributed by atoms with van der Waals surface area (Å²) >= 11 is 8.66. The molecule has 5 heterocycles. The van der Waals surface area contributed by atoms with E-state index < -0.39 is 77.5 Å². The molecule has 41 heteroatoms. The molecule has 0 spiro atoms. The molecule has 1 fully saturated rings. The first-order chi connectivity index (χ1) is 65.5. The van der Waals surface area contributed by atoms with Crippen molar-refractivity contribution in [1.29, 1.82) is 0 Å². The van der Waals surface area contributed by atoms with Crippen LogP contribution in [0.3, 0.4) is 0 Å². The number of quaternary nitrogens is 1. The maximum Gasteiger partial charge on any atom is 0.410 e. The number of methoxy groups -OCH3 is 1. The fourth-order valence-electron chi connectivity index (χ4n) is 14.4. The van der Waals surface area contributed by atoms with E-state index >= 15 is 0 Å². The summed E-state index contributed by atoms with van der Waals surface area (Å²) in [6.45, 7) is 20.7. The van der Waals surface area contributed by atoms with E-state index in [2.05, 4.69) is 58.5 Å². The quantitative estimate of drug-likeness (QED) is 0.0137. The molecular formula is C95H124ClFN15O23S+. The van der Waals surface area contributed by atoms with Crippen molar-refractivity contribution >= 4 is 80.8 Å². The van der Waals surface area contributed by atoms with Crippen molar-refractivity contribution in [2.24, 2.45) is 11.7 Å². The Labute approximate surface area is 798 Å². The number of anilines is 1. The highest BCUT2D eigenvalue weighted by atomic mass is 35.5. The molecule has 6 amide bonds. The zero-order valence-electron chi connectivity index (χ0n) is 78.2. The van der Waals surface area contributed by atoms with Gasteiger partial charge >= 0.3 is 30.2 Å². The second kappa shape index (κ2) is 54.7. The number of aromatic nitrogens is 7. The lowest BCUT2D eigenvalue weighted by atomic mass is 9.96. The number of halogens is 2. The number of amides is 6. The number of nitrogens with zero attached hydrogens (tertiary/aromatic N) is 10. The summed E-state index contributed by atoms with van der Waals surface area (Å²) in [6, 6.07) is 28.4. The van der Waals surface area contributed by atoms with Gasteiger partial charge in [0.1, 0.15) is 84.0 Å². The number of fused-ring (bicyclic) bond motifs is 1. The SMILES string of the molecule is COc1ccccc1-c1nccc(COc2ccccc2C[C@@H](Oc2ncnc3sc(-c4ccc(F)cc4)c(-c4ccc(OCCN5CC[N+](C)(Cc6ccc(NC(=O)[C@H](CCCNC(N)=O)NC(=O)[C@@H](NC(=O)OC(C)(C)C)C(C)C)cc6CN(C)C(=O)OCc6cn(CCOCCOCCOCCOCCOCCOCCOCCOCCC(=O)O)nn6)CC5)c(Cl)c4C)c23)C(=O)O)n1. The van der Waals surface area contributed by atoms with Crippen molar-refractivity contribution in [2.75, 3.05) is 178 Å². The van der Waals surface area contributed by atoms with Crippen molar-refractivity contribution in [3.8, 4) is 56.1 Å². The zero-order valence-corrected chi connectivity index (χ0v) is 79.8. The number of likely N-dealkylation sites (N-methyl/N-ethyl adjacent to an activating group) is 1. The average molecular weight is 1930 g/mol. The summed E-state index contributed by atoms with van der Waals surface area (Å²) < 4.78 is 97.0. The van der Waals surface area contributed by atoms with Gasteiger partial charge in [0, 0.05) is 74.1 Å². The van der Waals surface area contributed by atoms with Gasteiger partial charge in [0.05, 0.1) is 174 Å². The Balaban J connectivity index is 0.739. The number of thiophene rings is 1. The van der Waals surface area contributed by atoms with Crippen molar-refractivity contribution in [3.05, 3.63) is 172 Å². The molecule has 3 atom stereocenters. The molecule has 9 aromatic rings. The van der Waals surface area contributed by atoms with Gasteiger partial charge in [0.2, 0.25) is 23.8 Å². The first-order valence-corrected chi connectivity index (χ1v) is 46.1. The zero-order chi connectivity index (χ0) is 97.4. The minimum atomic E-state index is -1.48. The molecule has 8 N–H and O–H groups in total. The Bertz CT molecular complexity index is 5340. The number of piperazine rings is 1. The maximum atomic E-state index is 14.7. The van der Waals surface area contributed by atoms with Crippen LogP contribution in [0.15, 0.2) is 128 Å². The van der Waals surface area contributed by atoms with Crippen molar-refractivity contribution in [1.82, 2.24) is 60.7 Å². The number of hydrogen-bond acceptors (Lipinski definition) is 29. The lowest BCUT2D eigenvalue weighted by molar-refractivity contribution is -0.926. The number of aliphatic carboxylic acids is 2. The van der Waals surface area contributed by atoms with Gasteiger partial charge < -0.3 is 113 Å². The van der Waals surface area contributed by atoms with Gasteiger partial charge in [-0.3, -0.25) is 19.3 Å². The van der Waals surface area contributed by atoms with E-state index in [4.69, 9.17) is 93.7 Å². The molecule has 1 aliphatic heterocycles. The summed E-state index contributed by atoms with van der Waals surface area (Å²) in [5.41, 5.74) is 11.2. The van der Waals surface area contributed by atoms with Crippen LogP contribution >= 0.6 is 22.9 Å². The normalized spacial score (nSPS) is 13.3. The van der Waals surface area contributed by atoms with Crippen LogP contribution in [0.25, 0.3) is 43.2 Å². The largest absolute Gasteiger partial charge is 0.496 e. The van der Waals surface area contributed by atoms with E-state index in [1.807, 2.05) is 43.3 Å². The third kappa shape index (κ3) is 34.7. The number of carboxylic acids is 2. The van der Waals surface area contributed by atoms with E-state index in [-0.39, 0.29) is 71.1 Å². The highest BCUT2D eigenvalue weighted by molar-refractivity contribution is 7.22. The van der Waals surface area contributed by atoms with E-state index in [0.717, 1.165) is 5.56 Å². The van der Waals surface area contributed by atoms with Gasteiger partial charge in [0.25, 0.3) is 0 Å². The molecule has 5 aromatic carbocycles. The Hall–Kier alpha value is -11.9. The Morgan fingerprint density at radius 3 is 1.96 bits per heavy atom. The topological polar surface area (TPSA) is 452 Å². The fourth-order valence-corrected chi connectivity index (χ4v) is 15.7. The van der Waals surface area contributed by atoms with E-state index in [0.29, 0.717) is 249 Å². The molecule has 0 aliphatic carbocycles. The van der Waals surface area contributed by atoms with Crippen LogP contribution in [-0.2, 0) is 106 Å².